The Kier molecular flexibility index (Phi) is 3.96. The fraction of sp³-hybridized carbons (Fsp3) is 0.158. The van der Waals surface area contributed by atoms with E-state index in [9.17, 15) is 14.4 Å². The zero-order valence-corrected chi connectivity index (χ0v) is 13.8. The molecule has 0 saturated heterocycles. The molecule has 130 valence electrons. The predicted molar refractivity (Wildman–Crippen MR) is 96.3 cm³/mol. The molecule has 1 aliphatic rings. The minimum absolute atomic E-state index is 0.0437. The Balaban J connectivity index is 1.63. The average Bonchev–Trinajstić information content (AvgIpc) is 3.16. The molecule has 4 rings (SSSR count). The first kappa shape index (κ1) is 16.0. The summed E-state index contributed by atoms with van der Waals surface area (Å²) < 4.78 is 0. The van der Waals surface area contributed by atoms with Crippen molar-refractivity contribution in [2.45, 2.75) is 19.3 Å². The van der Waals surface area contributed by atoms with Gasteiger partial charge >= 0.3 is 0 Å². The molecule has 3 aromatic rings. The van der Waals surface area contributed by atoms with E-state index in [1.165, 1.54) is 6.07 Å². The highest BCUT2D eigenvalue weighted by Gasteiger charge is 2.22. The van der Waals surface area contributed by atoms with Gasteiger partial charge in [-0.3, -0.25) is 19.5 Å². The molecule has 3 N–H and O–H groups in total. The van der Waals surface area contributed by atoms with Gasteiger partial charge in [0.05, 0.1) is 5.69 Å². The second-order valence-electron chi connectivity index (χ2n) is 6.19. The average molecular weight is 348 g/mol. The number of carbonyl (C=O) groups excluding carboxylic acids is 2. The number of benzene rings is 1. The fourth-order valence-corrected chi connectivity index (χ4v) is 3.12. The molecule has 26 heavy (non-hydrogen) atoms. The lowest BCUT2D eigenvalue weighted by molar-refractivity contribution is 0.0971. The first-order valence-electron chi connectivity index (χ1n) is 8.32. The molecule has 0 saturated carbocycles. The smallest absolute Gasteiger partial charge is 0.261 e. The van der Waals surface area contributed by atoms with Gasteiger partial charge in [0.15, 0.2) is 5.78 Å². The monoisotopic (exact) mass is 348 g/mol. The molecule has 0 fully saturated rings. The summed E-state index contributed by atoms with van der Waals surface area (Å²) in [6.45, 7) is 0. The second kappa shape index (κ2) is 6.44. The summed E-state index contributed by atoms with van der Waals surface area (Å²) in [6, 6.07) is 10.4. The van der Waals surface area contributed by atoms with E-state index in [2.05, 4.69) is 20.5 Å². The minimum atomic E-state index is -0.547. The molecule has 0 unspecified atom stereocenters. The lowest BCUT2D eigenvalue weighted by Crippen LogP contribution is -2.27. The molecular weight excluding hydrogens is 332 g/mol. The number of aromatic nitrogens is 3. The third-order valence-electron chi connectivity index (χ3n) is 4.43. The van der Waals surface area contributed by atoms with E-state index in [0.717, 1.165) is 11.3 Å². The summed E-state index contributed by atoms with van der Waals surface area (Å²) in [4.78, 5) is 39.5. The molecule has 1 amide bonds. The number of hydrogen-bond acceptors (Lipinski definition) is 4. The Hall–Kier alpha value is -3.48. The van der Waals surface area contributed by atoms with Gasteiger partial charge in [0, 0.05) is 35.1 Å². The number of anilines is 1. The zero-order valence-electron chi connectivity index (χ0n) is 13.8. The largest absolute Gasteiger partial charge is 0.325 e. The maximum absolute atomic E-state index is 12.6. The standard InChI is InChI=1S/C19H16N4O3/c24-17-6-2-5-16-13(17)10-14(19(26)22-16)18(25)21-12-4-1-3-11(9-12)15-7-8-20-23-15/h1,3-4,7-10H,2,5-6H2,(H,20,23)(H,21,25)(H,22,26). The fourth-order valence-electron chi connectivity index (χ4n) is 3.12. The van der Waals surface area contributed by atoms with E-state index in [-0.39, 0.29) is 11.3 Å². The topological polar surface area (TPSA) is 108 Å². The molecule has 7 nitrogen and oxygen atoms in total. The van der Waals surface area contributed by atoms with Crippen LogP contribution in [0.15, 0.2) is 47.4 Å². The zero-order chi connectivity index (χ0) is 18.1. The van der Waals surface area contributed by atoms with Crippen molar-refractivity contribution in [1.29, 1.82) is 0 Å². The number of carbonyl (C=O) groups is 2. The molecule has 0 bridgehead atoms. The van der Waals surface area contributed by atoms with Crippen molar-refractivity contribution in [3.63, 3.8) is 0 Å². The van der Waals surface area contributed by atoms with Gasteiger partial charge < -0.3 is 10.3 Å². The van der Waals surface area contributed by atoms with E-state index >= 15 is 0 Å². The number of pyridine rings is 1. The van der Waals surface area contributed by atoms with E-state index < -0.39 is 11.5 Å². The Morgan fingerprint density at radius 1 is 1.12 bits per heavy atom. The second-order valence-corrected chi connectivity index (χ2v) is 6.19. The predicted octanol–water partition coefficient (Wildman–Crippen LogP) is 2.54. The Labute approximate surface area is 148 Å². The molecule has 1 aliphatic carbocycles. The number of hydrogen-bond donors (Lipinski definition) is 3. The van der Waals surface area contributed by atoms with Crippen LogP contribution in [-0.2, 0) is 6.42 Å². The molecule has 1 aromatic carbocycles. The van der Waals surface area contributed by atoms with E-state index in [1.54, 1.807) is 24.4 Å². The van der Waals surface area contributed by atoms with Crippen LogP contribution in [0.25, 0.3) is 11.3 Å². The van der Waals surface area contributed by atoms with E-state index in [0.29, 0.717) is 36.2 Å². The van der Waals surface area contributed by atoms with E-state index in [1.807, 2.05) is 12.1 Å². The number of amides is 1. The quantitative estimate of drug-likeness (QED) is 0.676. The molecule has 0 atom stereocenters. The molecule has 2 heterocycles. The molecule has 0 radical (unpaired) electrons. The van der Waals surface area contributed by atoms with E-state index in [4.69, 9.17) is 0 Å². The first-order chi connectivity index (χ1) is 12.6. The highest BCUT2D eigenvalue weighted by atomic mass is 16.2. The van der Waals surface area contributed by atoms with Crippen LogP contribution in [0, 0.1) is 0 Å². The van der Waals surface area contributed by atoms with Crippen LogP contribution in [0.4, 0.5) is 5.69 Å². The van der Waals surface area contributed by atoms with Crippen LogP contribution in [0.2, 0.25) is 0 Å². The molecule has 7 heteroatoms. The molecule has 0 spiro atoms. The molecule has 2 aromatic heterocycles. The summed E-state index contributed by atoms with van der Waals surface area (Å²) in [7, 11) is 0. The van der Waals surface area contributed by atoms with Crippen molar-refractivity contribution in [1.82, 2.24) is 15.2 Å². The lowest BCUT2D eigenvalue weighted by atomic mass is 9.93. The van der Waals surface area contributed by atoms with Crippen LogP contribution >= 0.6 is 0 Å². The van der Waals surface area contributed by atoms with Gasteiger partial charge in [0.1, 0.15) is 5.56 Å². The van der Waals surface area contributed by atoms with Crippen molar-refractivity contribution >= 4 is 17.4 Å². The van der Waals surface area contributed by atoms with Gasteiger partial charge in [-0.1, -0.05) is 12.1 Å². The maximum atomic E-state index is 12.6. The van der Waals surface area contributed by atoms with Crippen molar-refractivity contribution in [2.24, 2.45) is 0 Å². The van der Waals surface area contributed by atoms with Crippen LogP contribution in [0.1, 0.15) is 39.3 Å². The molecular formula is C19H16N4O3. The van der Waals surface area contributed by atoms with Crippen molar-refractivity contribution in [3.05, 3.63) is 69.8 Å². The van der Waals surface area contributed by atoms with Crippen LogP contribution in [0.5, 0.6) is 0 Å². The van der Waals surface area contributed by atoms with Gasteiger partial charge in [-0.05, 0) is 37.1 Å². The summed E-state index contributed by atoms with van der Waals surface area (Å²) >= 11 is 0. The Morgan fingerprint density at radius 2 is 2.00 bits per heavy atom. The van der Waals surface area contributed by atoms with Crippen molar-refractivity contribution in [3.8, 4) is 11.3 Å². The van der Waals surface area contributed by atoms with Crippen molar-refractivity contribution < 1.29 is 9.59 Å². The van der Waals surface area contributed by atoms with Gasteiger partial charge in [0.25, 0.3) is 11.5 Å². The number of H-pyrrole nitrogens is 2. The lowest BCUT2D eigenvalue weighted by Gasteiger charge is -2.15. The summed E-state index contributed by atoms with van der Waals surface area (Å²) in [5.74, 6) is -0.591. The number of rotatable bonds is 3. The number of fused-ring (bicyclic) bond motifs is 1. The summed E-state index contributed by atoms with van der Waals surface area (Å²) in [5, 5.41) is 9.48. The number of nitrogens with zero attached hydrogens (tertiary/aromatic N) is 1. The Bertz CT molecular complexity index is 1050. The Morgan fingerprint density at radius 3 is 2.81 bits per heavy atom. The third kappa shape index (κ3) is 2.95. The van der Waals surface area contributed by atoms with Gasteiger partial charge in [-0.15, -0.1) is 0 Å². The minimum Gasteiger partial charge on any atom is -0.325 e. The first-order valence-corrected chi connectivity index (χ1v) is 8.32. The normalized spacial score (nSPS) is 13.3. The van der Waals surface area contributed by atoms with Gasteiger partial charge in [0.2, 0.25) is 0 Å². The maximum Gasteiger partial charge on any atom is 0.261 e. The number of aryl methyl sites for hydroxylation is 1. The van der Waals surface area contributed by atoms with Crippen LogP contribution in [0.3, 0.4) is 0 Å². The molecule has 0 aliphatic heterocycles. The summed E-state index contributed by atoms with van der Waals surface area (Å²) in [6.07, 6.45) is 3.44. The van der Waals surface area contributed by atoms with Gasteiger partial charge in [-0.25, -0.2) is 0 Å². The number of ketones is 1. The summed E-state index contributed by atoms with van der Waals surface area (Å²) in [5.41, 5.74) is 2.72. The highest BCUT2D eigenvalue weighted by Crippen LogP contribution is 2.22. The van der Waals surface area contributed by atoms with Gasteiger partial charge in [-0.2, -0.15) is 5.10 Å². The number of nitrogens with one attached hydrogen (secondary N) is 3. The van der Waals surface area contributed by atoms with Crippen molar-refractivity contribution in [2.75, 3.05) is 5.32 Å². The van der Waals surface area contributed by atoms with Crippen LogP contribution in [-0.4, -0.2) is 26.9 Å². The highest BCUT2D eigenvalue weighted by molar-refractivity contribution is 6.06. The third-order valence-corrected chi connectivity index (χ3v) is 4.43. The number of aromatic amines is 2. The number of Topliss-reactive ketones (excluding diaryl/α,β-unsaturated/α-hetero) is 1. The SMILES string of the molecule is O=C1CCCc2[nH]c(=O)c(C(=O)Nc3cccc(-c4ccn[nH]4)c3)cc21. The van der Waals surface area contributed by atoms with Crippen LogP contribution < -0.4 is 10.9 Å².